The Balaban J connectivity index is 1.62. The van der Waals surface area contributed by atoms with E-state index in [9.17, 15) is 9.59 Å². The van der Waals surface area contributed by atoms with Gasteiger partial charge < -0.3 is 15.2 Å². The lowest BCUT2D eigenvalue weighted by Crippen LogP contribution is -2.28. The molecule has 3 rings (SSSR count). The van der Waals surface area contributed by atoms with Gasteiger partial charge in [0.05, 0.1) is 11.8 Å². The van der Waals surface area contributed by atoms with Crippen molar-refractivity contribution in [2.45, 2.75) is 43.4 Å². The maximum Gasteiger partial charge on any atom is 0.251 e. The fourth-order valence-electron chi connectivity index (χ4n) is 3.18. The molecule has 0 aliphatic heterocycles. The molecular formula is C23H27N5O2S2. The van der Waals surface area contributed by atoms with Gasteiger partial charge in [0.2, 0.25) is 5.91 Å². The number of thioether (sulfide) groups is 2. The van der Waals surface area contributed by atoms with Gasteiger partial charge in [0, 0.05) is 22.7 Å². The number of carbonyl (C=O) groups is 2. The lowest BCUT2D eigenvalue weighted by atomic mass is 10.1. The van der Waals surface area contributed by atoms with Crippen molar-refractivity contribution < 1.29 is 9.59 Å². The van der Waals surface area contributed by atoms with Gasteiger partial charge in [-0.15, -0.1) is 22.0 Å². The SMILES string of the molecule is CCn1c(SCC(=O)Nc2cccc(SC)c2)nnc1[C@@H](C)NC(=O)c1cccc(C)c1. The number of amides is 2. The molecule has 0 bridgehead atoms. The average Bonchev–Trinajstić information content (AvgIpc) is 3.21. The summed E-state index contributed by atoms with van der Waals surface area (Å²) in [6, 6.07) is 14.9. The van der Waals surface area contributed by atoms with E-state index >= 15 is 0 Å². The van der Waals surface area contributed by atoms with Crippen molar-refractivity contribution in [3.8, 4) is 0 Å². The average molecular weight is 470 g/mol. The van der Waals surface area contributed by atoms with E-state index in [4.69, 9.17) is 0 Å². The molecule has 1 atom stereocenters. The predicted octanol–water partition coefficient (Wildman–Crippen LogP) is 4.55. The van der Waals surface area contributed by atoms with Gasteiger partial charge in [-0.05, 0) is 57.4 Å². The van der Waals surface area contributed by atoms with E-state index in [0.717, 1.165) is 16.1 Å². The highest BCUT2D eigenvalue weighted by atomic mass is 32.2. The molecule has 0 unspecified atom stereocenters. The molecule has 0 saturated heterocycles. The molecule has 0 aliphatic carbocycles. The summed E-state index contributed by atoms with van der Waals surface area (Å²) in [6.45, 7) is 6.45. The smallest absolute Gasteiger partial charge is 0.251 e. The highest BCUT2D eigenvalue weighted by Gasteiger charge is 2.20. The van der Waals surface area contributed by atoms with Gasteiger partial charge in [0.1, 0.15) is 0 Å². The zero-order valence-corrected chi connectivity index (χ0v) is 20.2. The lowest BCUT2D eigenvalue weighted by molar-refractivity contribution is -0.113. The van der Waals surface area contributed by atoms with Gasteiger partial charge in [-0.25, -0.2) is 0 Å². The Hall–Kier alpha value is -2.78. The number of rotatable bonds is 9. The minimum Gasteiger partial charge on any atom is -0.342 e. The van der Waals surface area contributed by atoms with Crippen molar-refractivity contribution in [3.63, 3.8) is 0 Å². The second kappa shape index (κ2) is 11.2. The summed E-state index contributed by atoms with van der Waals surface area (Å²) in [5.74, 6) is 0.601. The second-order valence-corrected chi connectivity index (χ2v) is 9.04. The number of aryl methyl sites for hydroxylation is 1. The Kier molecular flexibility index (Phi) is 8.35. The van der Waals surface area contributed by atoms with Gasteiger partial charge in [0.25, 0.3) is 5.91 Å². The molecule has 0 aliphatic rings. The van der Waals surface area contributed by atoms with Crippen LogP contribution in [0.3, 0.4) is 0 Å². The Morgan fingerprint density at radius 1 is 1.12 bits per heavy atom. The third kappa shape index (κ3) is 6.14. The van der Waals surface area contributed by atoms with Crippen LogP contribution in [0.25, 0.3) is 0 Å². The molecule has 2 N–H and O–H groups in total. The minimum absolute atomic E-state index is 0.110. The van der Waals surface area contributed by atoms with E-state index in [2.05, 4.69) is 20.8 Å². The van der Waals surface area contributed by atoms with Gasteiger partial charge in [-0.2, -0.15) is 0 Å². The highest BCUT2D eigenvalue weighted by Crippen LogP contribution is 2.22. The topological polar surface area (TPSA) is 88.9 Å². The van der Waals surface area contributed by atoms with Gasteiger partial charge in [-0.1, -0.05) is 35.5 Å². The number of nitrogens with zero attached hydrogens (tertiary/aromatic N) is 3. The molecule has 1 heterocycles. The zero-order valence-electron chi connectivity index (χ0n) is 18.6. The molecule has 0 radical (unpaired) electrons. The number of carbonyl (C=O) groups excluding carboxylic acids is 2. The fraction of sp³-hybridized carbons (Fsp3) is 0.304. The first-order valence-corrected chi connectivity index (χ1v) is 12.5. The summed E-state index contributed by atoms with van der Waals surface area (Å²) in [7, 11) is 0. The Morgan fingerprint density at radius 2 is 1.91 bits per heavy atom. The molecule has 2 aromatic carbocycles. The number of nitrogens with one attached hydrogen (secondary N) is 2. The second-order valence-electron chi connectivity index (χ2n) is 7.22. The zero-order chi connectivity index (χ0) is 23.1. The van der Waals surface area contributed by atoms with Crippen LogP contribution in [0.1, 0.15) is 41.6 Å². The first kappa shape index (κ1) is 23.9. The van der Waals surface area contributed by atoms with E-state index in [1.807, 2.05) is 74.1 Å². The van der Waals surface area contributed by atoms with Gasteiger partial charge in [-0.3, -0.25) is 9.59 Å². The normalized spacial score (nSPS) is 11.8. The molecule has 7 nitrogen and oxygen atoms in total. The van der Waals surface area contributed by atoms with Crippen LogP contribution in [0, 0.1) is 6.92 Å². The number of aromatic nitrogens is 3. The minimum atomic E-state index is -0.326. The van der Waals surface area contributed by atoms with Crippen LogP contribution in [0.2, 0.25) is 0 Å². The van der Waals surface area contributed by atoms with Crippen LogP contribution < -0.4 is 10.6 Å². The monoisotopic (exact) mass is 469 g/mol. The van der Waals surface area contributed by atoms with E-state index in [1.54, 1.807) is 17.8 Å². The van der Waals surface area contributed by atoms with Crippen molar-refractivity contribution in [3.05, 3.63) is 65.5 Å². The maximum absolute atomic E-state index is 12.6. The molecule has 9 heteroatoms. The van der Waals surface area contributed by atoms with Crippen molar-refractivity contribution in [2.24, 2.45) is 0 Å². The largest absolute Gasteiger partial charge is 0.342 e. The Labute approximate surface area is 196 Å². The van der Waals surface area contributed by atoms with Crippen LogP contribution in [0.4, 0.5) is 5.69 Å². The predicted molar refractivity (Wildman–Crippen MR) is 130 cm³/mol. The number of hydrogen-bond acceptors (Lipinski definition) is 6. The molecule has 0 fully saturated rings. The quantitative estimate of drug-likeness (QED) is 0.447. The van der Waals surface area contributed by atoms with Crippen molar-refractivity contribution >= 4 is 41.0 Å². The number of benzene rings is 2. The summed E-state index contributed by atoms with van der Waals surface area (Å²) in [5.41, 5.74) is 2.41. The lowest BCUT2D eigenvalue weighted by Gasteiger charge is -2.15. The maximum atomic E-state index is 12.6. The Morgan fingerprint density at radius 3 is 2.62 bits per heavy atom. The molecule has 1 aromatic heterocycles. The summed E-state index contributed by atoms with van der Waals surface area (Å²) in [5, 5.41) is 15.1. The van der Waals surface area contributed by atoms with Gasteiger partial charge >= 0.3 is 0 Å². The van der Waals surface area contributed by atoms with Crippen LogP contribution in [-0.2, 0) is 11.3 Å². The standard InChI is InChI=1S/C23H27N5O2S2/c1-5-28-21(16(3)24-22(30)17-9-6-8-15(2)12-17)26-27-23(28)32-14-20(29)25-18-10-7-11-19(13-18)31-4/h6-13,16H,5,14H2,1-4H3,(H,24,30)(H,25,29)/t16-/m1/s1. The summed E-state index contributed by atoms with van der Waals surface area (Å²) in [6.07, 6.45) is 2.00. The van der Waals surface area contributed by atoms with Crippen LogP contribution >= 0.6 is 23.5 Å². The molecule has 2 amide bonds. The molecule has 168 valence electrons. The van der Waals surface area contributed by atoms with Gasteiger partial charge in [0.15, 0.2) is 11.0 Å². The first-order chi connectivity index (χ1) is 15.4. The van der Waals surface area contributed by atoms with E-state index in [1.165, 1.54) is 11.8 Å². The molecule has 0 spiro atoms. The van der Waals surface area contributed by atoms with E-state index in [-0.39, 0.29) is 23.6 Å². The third-order valence-electron chi connectivity index (χ3n) is 4.76. The fourth-order valence-corrected chi connectivity index (χ4v) is 4.45. The molecule has 0 saturated carbocycles. The van der Waals surface area contributed by atoms with Crippen LogP contribution in [-0.4, -0.2) is 38.6 Å². The molecule has 3 aromatic rings. The molecular weight excluding hydrogens is 442 g/mol. The van der Waals surface area contributed by atoms with E-state index in [0.29, 0.717) is 23.1 Å². The third-order valence-corrected chi connectivity index (χ3v) is 6.45. The number of anilines is 1. The number of hydrogen-bond donors (Lipinski definition) is 2. The van der Waals surface area contributed by atoms with Crippen molar-refractivity contribution in [2.75, 3.05) is 17.3 Å². The summed E-state index contributed by atoms with van der Waals surface area (Å²) >= 11 is 2.95. The molecule has 32 heavy (non-hydrogen) atoms. The Bertz CT molecular complexity index is 1100. The first-order valence-electron chi connectivity index (χ1n) is 10.3. The van der Waals surface area contributed by atoms with Crippen LogP contribution in [0.15, 0.2) is 58.6 Å². The van der Waals surface area contributed by atoms with Crippen molar-refractivity contribution in [1.29, 1.82) is 0 Å². The highest BCUT2D eigenvalue weighted by molar-refractivity contribution is 7.99. The van der Waals surface area contributed by atoms with Crippen molar-refractivity contribution in [1.82, 2.24) is 20.1 Å². The van der Waals surface area contributed by atoms with Crippen LogP contribution in [0.5, 0.6) is 0 Å². The summed E-state index contributed by atoms with van der Waals surface area (Å²) in [4.78, 5) is 26.1. The van der Waals surface area contributed by atoms with E-state index < -0.39 is 0 Å². The summed E-state index contributed by atoms with van der Waals surface area (Å²) < 4.78 is 1.92.